The molecule has 1 aliphatic rings. The Hall–Kier alpha value is -1.08. The van der Waals surface area contributed by atoms with Gasteiger partial charge in [-0.2, -0.15) is 0 Å². The average molecular weight is 819 g/mol. The highest BCUT2D eigenvalue weighted by Crippen LogP contribution is 2.27. The summed E-state index contributed by atoms with van der Waals surface area (Å²) in [5.74, 6) is -0.979. The average Bonchev–Trinajstić information content (AvgIpc) is 3.11. The summed E-state index contributed by atoms with van der Waals surface area (Å²) in [5, 5.41) is 33.6. The summed E-state index contributed by atoms with van der Waals surface area (Å²) in [5.41, 5.74) is 0. The number of alkyl halides is 3. The molecule has 1 heterocycles. The molecule has 11 nitrogen and oxygen atoms in total. The van der Waals surface area contributed by atoms with E-state index in [1.807, 2.05) is 0 Å². The quantitative estimate of drug-likeness (QED) is 0.0302. The molecular formula is C39H70Cl3NO10. The van der Waals surface area contributed by atoms with Gasteiger partial charge in [0, 0.05) is 6.42 Å². The SMILES string of the molecule is CCCCCCCCCCCCCCCC(=O)O[C@H](CCCCCCCCCCC)CC(=O)N[C@@H]1[C@@H](OC(=O)OCC(Cl)(Cl)Cl)[C@H](O)[C@@H](CO)O[C@H]1O. The zero-order valence-electron chi connectivity index (χ0n) is 32.4. The third kappa shape index (κ3) is 25.7. The second-order valence-corrected chi connectivity index (χ2v) is 17.0. The van der Waals surface area contributed by atoms with Crippen molar-refractivity contribution in [1.29, 1.82) is 0 Å². The predicted octanol–water partition coefficient (Wildman–Crippen LogP) is 9.14. The van der Waals surface area contributed by atoms with E-state index in [4.69, 9.17) is 53.8 Å². The Morgan fingerprint density at radius 2 is 1.21 bits per heavy atom. The van der Waals surface area contributed by atoms with Crippen molar-refractivity contribution in [2.24, 2.45) is 0 Å². The molecule has 0 aromatic carbocycles. The Balaban J connectivity index is 2.68. The summed E-state index contributed by atoms with van der Waals surface area (Å²) in [6, 6.07) is -1.45. The number of hydrogen-bond acceptors (Lipinski definition) is 10. The van der Waals surface area contributed by atoms with Gasteiger partial charge in [0.05, 0.1) is 13.0 Å². The van der Waals surface area contributed by atoms with Crippen molar-refractivity contribution in [1.82, 2.24) is 5.32 Å². The molecule has 0 aromatic rings. The molecule has 0 aromatic heterocycles. The van der Waals surface area contributed by atoms with Gasteiger partial charge in [-0.05, 0) is 19.3 Å². The van der Waals surface area contributed by atoms with Crippen LogP contribution >= 0.6 is 34.8 Å². The van der Waals surface area contributed by atoms with Gasteiger partial charge in [0.2, 0.25) is 9.70 Å². The van der Waals surface area contributed by atoms with Gasteiger partial charge in [0.15, 0.2) is 12.4 Å². The van der Waals surface area contributed by atoms with E-state index in [0.29, 0.717) is 6.42 Å². The van der Waals surface area contributed by atoms with Crippen molar-refractivity contribution in [3.05, 3.63) is 0 Å². The Morgan fingerprint density at radius 1 is 0.736 bits per heavy atom. The lowest BCUT2D eigenvalue weighted by Gasteiger charge is -2.41. The maximum atomic E-state index is 13.3. The van der Waals surface area contributed by atoms with Crippen LogP contribution in [0.25, 0.3) is 0 Å². The summed E-state index contributed by atoms with van der Waals surface area (Å²) in [4.78, 5) is 38.5. The van der Waals surface area contributed by atoms with E-state index < -0.39 is 65.8 Å². The van der Waals surface area contributed by atoms with Crippen LogP contribution in [0, 0.1) is 0 Å². The molecule has 1 aliphatic heterocycles. The molecule has 6 atom stereocenters. The molecule has 4 N–H and O–H groups in total. The van der Waals surface area contributed by atoms with Crippen LogP contribution in [0.2, 0.25) is 0 Å². The fraction of sp³-hybridized carbons (Fsp3) is 0.923. The topological polar surface area (TPSA) is 161 Å². The molecule has 312 valence electrons. The van der Waals surface area contributed by atoms with Gasteiger partial charge >= 0.3 is 12.1 Å². The van der Waals surface area contributed by atoms with E-state index >= 15 is 0 Å². The first-order valence-corrected chi connectivity index (χ1v) is 21.6. The van der Waals surface area contributed by atoms with Crippen LogP contribution in [0.15, 0.2) is 0 Å². The number of hydrogen-bond donors (Lipinski definition) is 4. The maximum Gasteiger partial charge on any atom is 0.508 e. The van der Waals surface area contributed by atoms with Crippen molar-refractivity contribution in [2.45, 2.75) is 215 Å². The number of carbonyl (C=O) groups is 3. The summed E-state index contributed by atoms with van der Waals surface area (Å²) in [7, 11) is 0. The van der Waals surface area contributed by atoms with Gasteiger partial charge in [-0.1, -0.05) is 177 Å². The van der Waals surface area contributed by atoms with E-state index in [-0.39, 0.29) is 18.8 Å². The molecule has 1 fully saturated rings. The Morgan fingerprint density at radius 3 is 1.68 bits per heavy atom. The largest absolute Gasteiger partial charge is 0.508 e. The molecule has 0 unspecified atom stereocenters. The van der Waals surface area contributed by atoms with Crippen molar-refractivity contribution >= 4 is 52.8 Å². The first-order valence-electron chi connectivity index (χ1n) is 20.4. The fourth-order valence-corrected chi connectivity index (χ4v) is 6.70. The van der Waals surface area contributed by atoms with Gasteiger partial charge in [0.25, 0.3) is 0 Å². The molecule has 0 radical (unpaired) electrons. The molecule has 0 bridgehead atoms. The van der Waals surface area contributed by atoms with Crippen molar-refractivity contribution in [3.8, 4) is 0 Å². The third-order valence-electron chi connectivity index (χ3n) is 9.61. The number of rotatable bonds is 31. The minimum atomic E-state index is -1.93. The van der Waals surface area contributed by atoms with Crippen LogP contribution in [-0.2, 0) is 28.5 Å². The second-order valence-electron chi connectivity index (χ2n) is 14.5. The van der Waals surface area contributed by atoms with Gasteiger partial charge in [-0.25, -0.2) is 4.79 Å². The van der Waals surface area contributed by atoms with Crippen LogP contribution in [-0.4, -0.2) is 87.1 Å². The molecule has 0 saturated carbocycles. The molecule has 14 heteroatoms. The number of aliphatic hydroxyl groups is 3. The highest BCUT2D eigenvalue weighted by Gasteiger charge is 2.48. The Labute approximate surface area is 333 Å². The van der Waals surface area contributed by atoms with E-state index in [2.05, 4.69) is 19.2 Å². The monoisotopic (exact) mass is 817 g/mol. The van der Waals surface area contributed by atoms with Crippen LogP contribution in [0.5, 0.6) is 0 Å². The maximum absolute atomic E-state index is 13.3. The molecule has 1 saturated heterocycles. The van der Waals surface area contributed by atoms with E-state index in [9.17, 15) is 29.7 Å². The normalized spacial score (nSPS) is 20.9. The molecule has 1 amide bonds. The van der Waals surface area contributed by atoms with Crippen LogP contribution in [0.4, 0.5) is 4.79 Å². The van der Waals surface area contributed by atoms with Gasteiger partial charge in [-0.15, -0.1) is 0 Å². The Kier molecular flexibility index (Phi) is 29.3. The van der Waals surface area contributed by atoms with Gasteiger partial charge < -0.3 is 39.6 Å². The summed E-state index contributed by atoms with van der Waals surface area (Å²) < 4.78 is 19.1. The molecule has 1 rings (SSSR count). The Bertz CT molecular complexity index is 957. The number of esters is 1. The summed E-state index contributed by atoms with van der Waals surface area (Å²) in [6.07, 6.45) is 17.8. The first kappa shape index (κ1) is 49.9. The number of amides is 1. The van der Waals surface area contributed by atoms with E-state index in [1.54, 1.807) is 0 Å². The summed E-state index contributed by atoms with van der Waals surface area (Å²) >= 11 is 16.9. The van der Waals surface area contributed by atoms with Crippen molar-refractivity contribution in [3.63, 3.8) is 0 Å². The number of unbranched alkanes of at least 4 members (excludes halogenated alkanes) is 20. The van der Waals surface area contributed by atoms with E-state index in [1.165, 1.54) is 89.9 Å². The third-order valence-corrected chi connectivity index (χ3v) is 9.94. The lowest BCUT2D eigenvalue weighted by molar-refractivity contribution is -0.255. The summed E-state index contributed by atoms with van der Waals surface area (Å²) in [6.45, 7) is 3.06. The standard InChI is InChI=1S/C39H70Cl3NO10/c1-3-5-7-9-11-13-14-15-16-18-20-22-24-26-33(46)51-30(25-23-21-19-17-12-10-8-6-4-2)27-32(45)43-34-36(35(47)31(28-44)52-37(34)48)53-38(49)50-29-39(40,41)42/h30-31,34-37,44,47-48H,3-29H2,1-2H3,(H,43,45)/t30-,31-,34-,35-,36-,37-/m1/s1. The smallest absolute Gasteiger partial charge is 0.462 e. The zero-order valence-corrected chi connectivity index (χ0v) is 34.7. The predicted molar refractivity (Wildman–Crippen MR) is 209 cm³/mol. The molecule has 53 heavy (non-hydrogen) atoms. The lowest BCUT2D eigenvalue weighted by Crippen LogP contribution is -2.65. The zero-order chi connectivity index (χ0) is 39.3. The first-order chi connectivity index (χ1) is 25.4. The van der Waals surface area contributed by atoms with Crippen LogP contribution < -0.4 is 5.32 Å². The minimum absolute atomic E-state index is 0.214. The van der Waals surface area contributed by atoms with Crippen LogP contribution in [0.1, 0.15) is 174 Å². The number of aliphatic hydroxyl groups excluding tert-OH is 3. The highest BCUT2D eigenvalue weighted by atomic mass is 35.6. The van der Waals surface area contributed by atoms with Gasteiger partial charge in [-0.3, -0.25) is 9.59 Å². The number of halogens is 3. The molecule has 0 aliphatic carbocycles. The van der Waals surface area contributed by atoms with Crippen molar-refractivity contribution in [2.75, 3.05) is 13.2 Å². The second kappa shape index (κ2) is 31.1. The van der Waals surface area contributed by atoms with Crippen molar-refractivity contribution < 1.29 is 48.7 Å². The number of nitrogens with one attached hydrogen (secondary N) is 1. The van der Waals surface area contributed by atoms with E-state index in [0.717, 1.165) is 51.4 Å². The number of carbonyl (C=O) groups excluding carboxylic acids is 3. The minimum Gasteiger partial charge on any atom is -0.462 e. The lowest BCUT2D eigenvalue weighted by atomic mass is 9.96. The van der Waals surface area contributed by atoms with Gasteiger partial charge in [0.1, 0.15) is 31.0 Å². The molecular weight excluding hydrogens is 749 g/mol. The fourth-order valence-electron chi connectivity index (χ4n) is 6.53. The molecule has 0 spiro atoms. The highest BCUT2D eigenvalue weighted by molar-refractivity contribution is 6.67. The number of ether oxygens (including phenoxy) is 4. The van der Waals surface area contributed by atoms with Crippen LogP contribution in [0.3, 0.4) is 0 Å².